The normalized spacial score (nSPS) is 11.9. The van der Waals surface area contributed by atoms with Crippen molar-refractivity contribution in [3.63, 3.8) is 0 Å². The molecule has 0 saturated carbocycles. The van der Waals surface area contributed by atoms with Gasteiger partial charge in [-0.25, -0.2) is 4.79 Å². The van der Waals surface area contributed by atoms with Crippen LogP contribution in [0.25, 0.3) is 0 Å². The molecule has 1 aromatic rings. The van der Waals surface area contributed by atoms with Crippen LogP contribution in [0.2, 0.25) is 0 Å². The number of carbonyl (C=O) groups is 1. The molecule has 0 aliphatic carbocycles. The molecule has 1 rings (SSSR count). The van der Waals surface area contributed by atoms with E-state index in [-0.39, 0.29) is 0 Å². The van der Waals surface area contributed by atoms with Crippen LogP contribution in [-0.2, 0) is 16.0 Å². The molecule has 94 valence electrons. The zero-order chi connectivity index (χ0) is 12.5. The highest BCUT2D eigenvalue weighted by molar-refractivity contribution is 5.59. The largest absolute Gasteiger partial charge is 0.527 e. The first-order valence-corrected chi connectivity index (χ1v) is 5.83. The van der Waals surface area contributed by atoms with Gasteiger partial charge in [0.05, 0.1) is 6.61 Å². The molecule has 0 amide bonds. The summed E-state index contributed by atoms with van der Waals surface area (Å²) < 4.78 is 4.78. The number of ether oxygens (including phenoxy) is 1. The van der Waals surface area contributed by atoms with Crippen LogP contribution in [0.1, 0.15) is 25.3 Å². The average Bonchev–Trinajstić information content (AvgIpc) is 2.38. The van der Waals surface area contributed by atoms with Gasteiger partial charge in [-0.15, -0.1) is 0 Å². The molecule has 4 nitrogen and oxygen atoms in total. The minimum atomic E-state index is -0.820. The first-order chi connectivity index (χ1) is 8.26. The van der Waals surface area contributed by atoms with Crippen molar-refractivity contribution in [1.29, 1.82) is 0 Å². The maximum absolute atomic E-state index is 10.7. The van der Waals surface area contributed by atoms with E-state index in [9.17, 15) is 4.79 Å². The van der Waals surface area contributed by atoms with E-state index < -0.39 is 6.16 Å². The van der Waals surface area contributed by atoms with Gasteiger partial charge in [0.25, 0.3) is 0 Å². The lowest BCUT2D eigenvalue weighted by atomic mass is 9.94. The van der Waals surface area contributed by atoms with Crippen LogP contribution >= 0.6 is 0 Å². The van der Waals surface area contributed by atoms with Crippen LogP contribution in [0, 0.1) is 5.92 Å². The van der Waals surface area contributed by atoms with E-state index >= 15 is 0 Å². The number of hydrogen-bond donors (Lipinski definition) is 1. The molecule has 0 aromatic heterocycles. The molecule has 0 aliphatic rings. The molecule has 4 heteroatoms. The van der Waals surface area contributed by atoms with Crippen LogP contribution in [0.3, 0.4) is 0 Å². The fourth-order valence-corrected chi connectivity index (χ4v) is 1.74. The van der Waals surface area contributed by atoms with Crippen LogP contribution in [-0.4, -0.2) is 12.8 Å². The van der Waals surface area contributed by atoms with E-state index in [1.54, 1.807) is 0 Å². The van der Waals surface area contributed by atoms with Crippen molar-refractivity contribution >= 4 is 6.16 Å². The number of rotatable bonds is 6. The van der Waals surface area contributed by atoms with E-state index in [1.807, 2.05) is 18.2 Å². The number of carbonyl (C=O) groups excluding carboxylic acids is 1. The number of hydrogen-bond acceptors (Lipinski definition) is 4. The lowest BCUT2D eigenvalue weighted by Crippen LogP contribution is -2.15. The highest BCUT2D eigenvalue weighted by atomic mass is 16.8. The lowest BCUT2D eigenvalue weighted by Gasteiger charge is -2.14. The predicted molar refractivity (Wildman–Crippen MR) is 65.2 cm³/mol. The second-order valence-corrected chi connectivity index (χ2v) is 3.97. The molecular weight excluding hydrogens is 218 g/mol. The molecule has 1 atom stereocenters. The Kier molecular flexibility index (Phi) is 6.10. The fraction of sp³-hybridized carbons (Fsp3) is 0.462. The second-order valence-electron chi connectivity index (χ2n) is 3.97. The molecular formula is C13H19NO3. The van der Waals surface area contributed by atoms with Gasteiger partial charge >= 0.3 is 6.16 Å². The topological polar surface area (TPSA) is 61.5 Å². The second kappa shape index (κ2) is 7.68. The summed E-state index contributed by atoms with van der Waals surface area (Å²) in [6, 6.07) is 10.3. The van der Waals surface area contributed by atoms with Crippen molar-refractivity contribution in [2.75, 3.05) is 6.61 Å². The molecule has 2 N–H and O–H groups in total. The number of benzene rings is 1. The SMILES string of the molecule is CCC(CCOC(=O)ON)Cc1ccccc1. The van der Waals surface area contributed by atoms with Gasteiger partial charge in [0.2, 0.25) is 0 Å². The Bertz CT molecular complexity index is 327. The molecule has 0 bridgehead atoms. The van der Waals surface area contributed by atoms with Crippen LogP contribution < -0.4 is 5.90 Å². The molecule has 1 aromatic carbocycles. The third-order valence-corrected chi connectivity index (χ3v) is 2.79. The van der Waals surface area contributed by atoms with E-state index in [0.29, 0.717) is 12.5 Å². The van der Waals surface area contributed by atoms with E-state index in [0.717, 1.165) is 19.3 Å². The minimum absolute atomic E-state index is 0.349. The smallest absolute Gasteiger partial charge is 0.433 e. The first-order valence-electron chi connectivity index (χ1n) is 5.83. The third-order valence-electron chi connectivity index (χ3n) is 2.79. The zero-order valence-electron chi connectivity index (χ0n) is 10.1. The summed E-state index contributed by atoms with van der Waals surface area (Å²) in [6.07, 6.45) is 2.05. The van der Waals surface area contributed by atoms with Crippen LogP contribution in [0.4, 0.5) is 4.79 Å². The summed E-state index contributed by atoms with van der Waals surface area (Å²) >= 11 is 0. The van der Waals surface area contributed by atoms with Gasteiger partial charge in [-0.2, -0.15) is 5.90 Å². The lowest BCUT2D eigenvalue weighted by molar-refractivity contribution is 0.0512. The van der Waals surface area contributed by atoms with Gasteiger partial charge in [-0.05, 0) is 24.3 Å². The van der Waals surface area contributed by atoms with Crippen molar-refractivity contribution in [1.82, 2.24) is 0 Å². The van der Waals surface area contributed by atoms with E-state index in [1.165, 1.54) is 5.56 Å². The van der Waals surface area contributed by atoms with Crippen LogP contribution in [0.5, 0.6) is 0 Å². The van der Waals surface area contributed by atoms with Crippen LogP contribution in [0.15, 0.2) is 30.3 Å². The Morgan fingerprint density at radius 1 is 1.35 bits per heavy atom. The molecule has 17 heavy (non-hydrogen) atoms. The van der Waals surface area contributed by atoms with Crippen molar-refractivity contribution < 1.29 is 14.4 Å². The average molecular weight is 237 g/mol. The zero-order valence-corrected chi connectivity index (χ0v) is 10.1. The first kappa shape index (κ1) is 13.5. The summed E-state index contributed by atoms with van der Waals surface area (Å²) in [5.74, 6) is 5.17. The van der Waals surface area contributed by atoms with Gasteiger partial charge in [-0.1, -0.05) is 43.7 Å². The molecule has 0 radical (unpaired) electrons. The Morgan fingerprint density at radius 2 is 2.06 bits per heavy atom. The van der Waals surface area contributed by atoms with Crippen molar-refractivity contribution in [2.24, 2.45) is 11.8 Å². The quantitative estimate of drug-likeness (QED) is 0.610. The predicted octanol–water partition coefficient (Wildman–Crippen LogP) is 2.67. The minimum Gasteiger partial charge on any atom is -0.433 e. The monoisotopic (exact) mass is 237 g/mol. The van der Waals surface area contributed by atoms with Gasteiger partial charge in [0.1, 0.15) is 0 Å². The summed E-state index contributed by atoms with van der Waals surface area (Å²) in [6.45, 7) is 2.48. The molecule has 1 unspecified atom stereocenters. The van der Waals surface area contributed by atoms with Gasteiger partial charge < -0.3 is 9.57 Å². The maximum atomic E-state index is 10.7. The van der Waals surface area contributed by atoms with Gasteiger partial charge in [0, 0.05) is 0 Å². The summed E-state index contributed by atoms with van der Waals surface area (Å²) in [4.78, 5) is 14.6. The summed E-state index contributed by atoms with van der Waals surface area (Å²) in [7, 11) is 0. The van der Waals surface area contributed by atoms with Crippen molar-refractivity contribution in [3.05, 3.63) is 35.9 Å². The Labute approximate surface area is 102 Å². The Morgan fingerprint density at radius 3 is 2.65 bits per heavy atom. The van der Waals surface area contributed by atoms with Gasteiger partial charge in [-0.3, -0.25) is 0 Å². The van der Waals surface area contributed by atoms with E-state index in [4.69, 9.17) is 4.74 Å². The highest BCUT2D eigenvalue weighted by Gasteiger charge is 2.09. The molecule has 0 spiro atoms. The van der Waals surface area contributed by atoms with Crippen molar-refractivity contribution in [3.8, 4) is 0 Å². The number of nitrogens with two attached hydrogens (primary N) is 1. The molecule has 0 fully saturated rings. The van der Waals surface area contributed by atoms with E-state index in [2.05, 4.69) is 29.8 Å². The van der Waals surface area contributed by atoms with Crippen molar-refractivity contribution in [2.45, 2.75) is 26.2 Å². The highest BCUT2D eigenvalue weighted by Crippen LogP contribution is 2.15. The Hall–Kier alpha value is -1.55. The molecule has 0 heterocycles. The molecule has 0 saturated heterocycles. The standard InChI is InChI=1S/C13H19NO3/c1-2-11(8-9-16-13(15)17-14)10-12-6-4-3-5-7-12/h3-7,11H,2,8-10,14H2,1H3. The van der Waals surface area contributed by atoms with Gasteiger partial charge in [0.15, 0.2) is 0 Å². The summed E-state index contributed by atoms with van der Waals surface area (Å²) in [5, 5.41) is 0. The molecule has 0 aliphatic heterocycles. The maximum Gasteiger partial charge on any atom is 0.527 e. The summed E-state index contributed by atoms with van der Waals surface area (Å²) in [5.41, 5.74) is 1.31. The third kappa shape index (κ3) is 5.36. The Balaban J connectivity index is 2.31. The fourth-order valence-electron chi connectivity index (χ4n) is 1.74.